The molecule has 1 aromatic rings. The Morgan fingerprint density at radius 2 is 2.04 bits per heavy atom. The van der Waals surface area contributed by atoms with Gasteiger partial charge in [-0.25, -0.2) is 8.42 Å². The molecule has 0 radical (unpaired) electrons. The van der Waals surface area contributed by atoms with Crippen molar-refractivity contribution < 1.29 is 18.1 Å². The number of carbonyl (C=O) groups excluding carboxylic acids is 1. The van der Waals surface area contributed by atoms with Crippen molar-refractivity contribution in [2.75, 3.05) is 22.9 Å². The van der Waals surface area contributed by atoms with Crippen LogP contribution in [-0.4, -0.2) is 49.1 Å². The van der Waals surface area contributed by atoms with Gasteiger partial charge >= 0.3 is 0 Å². The number of anilines is 1. The highest BCUT2D eigenvalue weighted by Crippen LogP contribution is 2.28. The molecule has 10 heteroatoms. The summed E-state index contributed by atoms with van der Waals surface area (Å²) in [5.74, 6) is 0.347. The van der Waals surface area contributed by atoms with Crippen LogP contribution in [0.1, 0.15) is 39.0 Å². The second-order valence-corrected chi connectivity index (χ2v) is 10.2. The van der Waals surface area contributed by atoms with Gasteiger partial charge in [0.2, 0.25) is 15.9 Å². The van der Waals surface area contributed by atoms with Crippen molar-refractivity contribution in [2.45, 2.75) is 50.3 Å². The molecule has 1 atom stereocenters. The summed E-state index contributed by atoms with van der Waals surface area (Å²) in [7, 11) is -3.81. The Balaban J connectivity index is 2.00. The van der Waals surface area contributed by atoms with Crippen molar-refractivity contribution in [3.05, 3.63) is 34.4 Å². The Kier molecular flexibility index (Phi) is 8.11. The zero-order valence-corrected chi connectivity index (χ0v) is 17.8. The number of carbonyl (C=O) groups is 1. The van der Waals surface area contributed by atoms with Crippen LogP contribution in [0.25, 0.3) is 0 Å². The Morgan fingerprint density at radius 1 is 1.36 bits per heavy atom. The number of nitrogens with zero attached hydrogens (tertiary/aromatic N) is 2. The first kappa shape index (κ1) is 22.5. The molecule has 0 spiro atoms. The molecule has 1 amide bonds. The van der Waals surface area contributed by atoms with Crippen LogP contribution >= 0.6 is 11.8 Å². The van der Waals surface area contributed by atoms with Crippen molar-refractivity contribution in [1.82, 2.24) is 5.32 Å². The van der Waals surface area contributed by atoms with Crippen LogP contribution in [0.4, 0.5) is 11.4 Å². The Morgan fingerprint density at radius 3 is 2.64 bits per heavy atom. The molecule has 0 saturated heterocycles. The van der Waals surface area contributed by atoms with Gasteiger partial charge in [-0.05, 0) is 25.8 Å². The summed E-state index contributed by atoms with van der Waals surface area (Å²) in [6.07, 6.45) is 7.22. The fourth-order valence-electron chi connectivity index (χ4n) is 3.33. The summed E-state index contributed by atoms with van der Waals surface area (Å²) in [5, 5.41) is 14.4. The Labute approximate surface area is 170 Å². The number of benzene rings is 1. The zero-order chi connectivity index (χ0) is 20.7. The molecule has 8 nitrogen and oxygen atoms in total. The number of nitrogens with one attached hydrogen (secondary N) is 1. The quantitative estimate of drug-likeness (QED) is 0.367. The van der Waals surface area contributed by atoms with Gasteiger partial charge in [-0.15, -0.1) is 0 Å². The highest BCUT2D eigenvalue weighted by Gasteiger charge is 2.30. The van der Waals surface area contributed by atoms with Gasteiger partial charge in [-0.1, -0.05) is 25.3 Å². The minimum atomic E-state index is -3.81. The lowest BCUT2D eigenvalue weighted by molar-refractivity contribution is -0.384. The van der Waals surface area contributed by atoms with Gasteiger partial charge in [0, 0.05) is 29.7 Å². The number of nitro groups is 1. The van der Waals surface area contributed by atoms with E-state index in [1.807, 2.05) is 11.8 Å². The fraction of sp³-hybridized carbons (Fsp3) is 0.611. The first-order valence-electron chi connectivity index (χ1n) is 9.33. The minimum absolute atomic E-state index is 0.0935. The molecule has 1 aromatic carbocycles. The van der Waals surface area contributed by atoms with Crippen molar-refractivity contribution in [3.63, 3.8) is 0 Å². The summed E-state index contributed by atoms with van der Waals surface area (Å²) in [4.78, 5) is 22.9. The molecular formula is C18H27N3O5S2. The third kappa shape index (κ3) is 6.37. The lowest BCUT2D eigenvalue weighted by Crippen LogP contribution is -2.48. The molecule has 156 valence electrons. The topological polar surface area (TPSA) is 110 Å². The first-order valence-corrected chi connectivity index (χ1v) is 12.2. The van der Waals surface area contributed by atoms with Crippen LogP contribution in [0.2, 0.25) is 0 Å². The van der Waals surface area contributed by atoms with E-state index in [0.29, 0.717) is 11.8 Å². The molecule has 1 saturated carbocycles. The molecule has 0 aromatic heterocycles. The molecule has 1 unspecified atom stereocenters. The summed E-state index contributed by atoms with van der Waals surface area (Å²) in [6.45, 7) is 1.93. The third-order valence-electron chi connectivity index (χ3n) is 4.69. The second kappa shape index (κ2) is 10.1. The van der Waals surface area contributed by atoms with Crippen molar-refractivity contribution in [3.8, 4) is 0 Å². The molecule has 0 bridgehead atoms. The van der Waals surface area contributed by atoms with Crippen LogP contribution in [0.3, 0.4) is 0 Å². The average molecular weight is 430 g/mol. The van der Waals surface area contributed by atoms with Crippen LogP contribution in [0.15, 0.2) is 24.3 Å². The summed E-state index contributed by atoms with van der Waals surface area (Å²) < 4.78 is 25.5. The summed E-state index contributed by atoms with van der Waals surface area (Å²) >= 11 is 1.85. The predicted octanol–water partition coefficient (Wildman–Crippen LogP) is 2.93. The van der Waals surface area contributed by atoms with Crippen molar-refractivity contribution >= 4 is 39.1 Å². The number of hydrogen-bond donors (Lipinski definition) is 1. The normalized spacial score (nSPS) is 16.4. The van der Waals surface area contributed by atoms with E-state index < -0.39 is 26.9 Å². The summed E-state index contributed by atoms with van der Waals surface area (Å²) in [6, 6.07) is 4.26. The maximum atomic E-state index is 12.5. The molecule has 1 aliphatic rings. The lowest BCUT2D eigenvalue weighted by atomic mass is 10.0. The van der Waals surface area contributed by atoms with E-state index in [0.717, 1.165) is 22.4 Å². The van der Waals surface area contributed by atoms with Crippen LogP contribution in [0, 0.1) is 10.1 Å². The van der Waals surface area contributed by atoms with E-state index in [1.165, 1.54) is 57.2 Å². The number of sulfonamides is 1. The smallest absolute Gasteiger partial charge is 0.271 e. The third-order valence-corrected chi connectivity index (χ3v) is 7.31. The Hall–Kier alpha value is -1.81. The largest absolute Gasteiger partial charge is 0.353 e. The molecule has 28 heavy (non-hydrogen) atoms. The van der Waals surface area contributed by atoms with Gasteiger partial charge in [-0.2, -0.15) is 11.8 Å². The first-order chi connectivity index (χ1) is 13.2. The van der Waals surface area contributed by atoms with E-state index in [1.54, 1.807) is 0 Å². The van der Waals surface area contributed by atoms with Crippen molar-refractivity contribution in [1.29, 1.82) is 0 Å². The molecular weight excluding hydrogens is 402 g/mol. The zero-order valence-electron chi connectivity index (χ0n) is 16.2. The van der Waals surface area contributed by atoms with E-state index in [-0.39, 0.29) is 11.4 Å². The second-order valence-electron chi connectivity index (χ2n) is 6.93. The number of non-ortho nitro benzene ring substituents is 1. The van der Waals surface area contributed by atoms with Crippen LogP contribution in [0.5, 0.6) is 0 Å². The van der Waals surface area contributed by atoms with E-state index >= 15 is 0 Å². The van der Waals surface area contributed by atoms with Gasteiger partial charge in [0.05, 0.1) is 16.9 Å². The maximum Gasteiger partial charge on any atom is 0.271 e. The van der Waals surface area contributed by atoms with Crippen molar-refractivity contribution in [2.24, 2.45) is 0 Å². The number of nitro benzene ring substituents is 1. The Bertz CT molecular complexity index is 794. The molecule has 1 fully saturated rings. The van der Waals surface area contributed by atoms with E-state index in [2.05, 4.69) is 5.32 Å². The highest BCUT2D eigenvalue weighted by atomic mass is 32.2. The molecule has 0 heterocycles. The maximum absolute atomic E-state index is 12.5. The van der Waals surface area contributed by atoms with Crippen LogP contribution in [-0.2, 0) is 14.8 Å². The van der Waals surface area contributed by atoms with E-state index in [4.69, 9.17) is 0 Å². The van der Waals surface area contributed by atoms with Gasteiger partial charge in [0.1, 0.15) is 6.04 Å². The number of thioether (sulfide) groups is 1. The van der Waals surface area contributed by atoms with E-state index in [9.17, 15) is 23.3 Å². The SMILES string of the molecule is CC(C(=O)NCCSC1CCCCC1)N(c1cccc([N+](=O)[O-])c1)S(C)(=O)=O. The van der Waals surface area contributed by atoms with Gasteiger partial charge < -0.3 is 5.32 Å². The lowest BCUT2D eigenvalue weighted by Gasteiger charge is -2.28. The van der Waals surface area contributed by atoms with Crippen LogP contribution < -0.4 is 9.62 Å². The minimum Gasteiger partial charge on any atom is -0.353 e. The number of hydrogen-bond acceptors (Lipinski definition) is 6. The predicted molar refractivity (Wildman–Crippen MR) is 112 cm³/mol. The molecule has 1 N–H and O–H groups in total. The number of amides is 1. The fourth-order valence-corrected chi connectivity index (χ4v) is 5.72. The molecule has 1 aliphatic carbocycles. The van der Waals surface area contributed by atoms with Gasteiger partial charge in [0.25, 0.3) is 5.69 Å². The molecule has 2 rings (SSSR count). The van der Waals surface area contributed by atoms with Gasteiger partial charge in [0.15, 0.2) is 0 Å². The monoisotopic (exact) mass is 429 g/mol. The number of rotatable bonds is 9. The average Bonchev–Trinajstić information content (AvgIpc) is 2.65. The highest BCUT2D eigenvalue weighted by molar-refractivity contribution is 7.99. The summed E-state index contributed by atoms with van der Waals surface area (Å²) in [5.41, 5.74) is -0.140. The van der Waals surface area contributed by atoms with Gasteiger partial charge in [-0.3, -0.25) is 19.2 Å². The standard InChI is InChI=1S/C18H27N3O5S2/c1-14(18(22)19-11-12-27-17-9-4-3-5-10-17)20(28(2,25)26)15-7-6-8-16(13-15)21(23)24/h6-8,13-14,17H,3-5,9-12H2,1-2H3,(H,19,22). The molecule has 0 aliphatic heterocycles.